The average Bonchev–Trinajstić information content (AvgIpc) is 2.03. The first-order valence-corrected chi connectivity index (χ1v) is 3.74. The van der Waals surface area contributed by atoms with Gasteiger partial charge in [-0.15, -0.1) is 0 Å². The number of aromatic nitrogens is 1. The molecule has 0 radical (unpaired) electrons. The van der Waals surface area contributed by atoms with Crippen molar-refractivity contribution in [2.24, 2.45) is 0 Å². The fraction of sp³-hybridized carbons (Fsp3) is 0.444. The van der Waals surface area contributed by atoms with Crippen molar-refractivity contribution < 1.29 is 0 Å². The van der Waals surface area contributed by atoms with Gasteiger partial charge in [-0.05, 0) is 29.0 Å². The van der Waals surface area contributed by atoms with E-state index in [0.29, 0.717) is 0 Å². The van der Waals surface area contributed by atoms with E-state index >= 15 is 0 Å². The van der Waals surface area contributed by atoms with Gasteiger partial charge in [-0.2, -0.15) is 0 Å². The van der Waals surface area contributed by atoms with E-state index in [0.717, 1.165) is 11.8 Å². The maximum Gasteiger partial charge on any atom is 0.0305 e. The molecule has 1 aliphatic rings. The molecule has 0 spiro atoms. The van der Waals surface area contributed by atoms with Crippen molar-refractivity contribution in [1.29, 1.82) is 0 Å². The Morgan fingerprint density at radius 1 is 1.20 bits per heavy atom. The molecule has 1 unspecified atom stereocenters. The van der Waals surface area contributed by atoms with Crippen molar-refractivity contribution in [3.05, 3.63) is 29.6 Å². The number of pyridine rings is 1. The highest BCUT2D eigenvalue weighted by Gasteiger charge is 2.29. The number of hydrogen-bond donors (Lipinski definition) is 0. The van der Waals surface area contributed by atoms with Gasteiger partial charge in [0.1, 0.15) is 0 Å². The molecular weight excluding hydrogens is 122 g/mol. The largest absolute Gasteiger partial charge is 0.264 e. The second-order valence-corrected chi connectivity index (χ2v) is 3.08. The van der Waals surface area contributed by atoms with Crippen LogP contribution in [-0.4, -0.2) is 4.98 Å². The van der Waals surface area contributed by atoms with E-state index in [-0.39, 0.29) is 0 Å². The molecule has 0 bridgehead atoms. The van der Waals surface area contributed by atoms with E-state index < -0.39 is 0 Å². The third-order valence-corrected chi connectivity index (χ3v) is 2.62. The van der Waals surface area contributed by atoms with Crippen LogP contribution in [0, 0.1) is 0 Å². The summed E-state index contributed by atoms with van der Waals surface area (Å²) in [6.45, 7) is 4.53. The topological polar surface area (TPSA) is 12.9 Å². The van der Waals surface area contributed by atoms with Gasteiger partial charge < -0.3 is 0 Å². The molecule has 1 aromatic heterocycles. The fourth-order valence-electron chi connectivity index (χ4n) is 1.66. The lowest BCUT2D eigenvalue weighted by atomic mass is 9.71. The highest BCUT2D eigenvalue weighted by molar-refractivity contribution is 5.41. The zero-order chi connectivity index (χ0) is 7.14. The highest BCUT2D eigenvalue weighted by Crippen LogP contribution is 2.44. The maximum atomic E-state index is 4.08. The summed E-state index contributed by atoms with van der Waals surface area (Å²) in [6, 6.07) is 2.12. The minimum Gasteiger partial charge on any atom is -0.264 e. The molecule has 0 N–H and O–H groups in total. The average molecular weight is 133 g/mol. The Kier molecular flexibility index (Phi) is 1.07. The molecule has 2 atom stereocenters. The maximum absolute atomic E-state index is 4.08. The first-order chi connectivity index (χ1) is 4.80. The molecule has 1 heterocycles. The molecule has 0 amide bonds. The van der Waals surface area contributed by atoms with Crippen LogP contribution in [0.2, 0.25) is 0 Å². The zero-order valence-corrected chi connectivity index (χ0v) is 6.33. The summed E-state index contributed by atoms with van der Waals surface area (Å²) in [5.74, 6) is 1.47. The molecule has 1 aliphatic carbocycles. The van der Waals surface area contributed by atoms with Crippen LogP contribution in [0.3, 0.4) is 0 Å². The van der Waals surface area contributed by atoms with E-state index in [2.05, 4.69) is 24.9 Å². The van der Waals surface area contributed by atoms with E-state index in [1.54, 1.807) is 0 Å². The van der Waals surface area contributed by atoms with Crippen LogP contribution in [-0.2, 0) is 0 Å². The molecule has 52 valence electrons. The quantitative estimate of drug-likeness (QED) is 0.529. The van der Waals surface area contributed by atoms with Gasteiger partial charge in [0.15, 0.2) is 0 Å². The molecule has 0 saturated carbocycles. The normalized spacial score (nSPS) is 29.0. The SMILES string of the molecule is CC1c2cnccc2[C@H]1C. The van der Waals surface area contributed by atoms with Gasteiger partial charge in [0.25, 0.3) is 0 Å². The van der Waals surface area contributed by atoms with E-state index in [9.17, 15) is 0 Å². The van der Waals surface area contributed by atoms with Crippen LogP contribution in [0.5, 0.6) is 0 Å². The Bertz CT molecular complexity index is 228. The second kappa shape index (κ2) is 1.82. The highest BCUT2D eigenvalue weighted by atomic mass is 14.6. The molecule has 1 aromatic rings. The Morgan fingerprint density at radius 3 is 2.60 bits per heavy atom. The van der Waals surface area contributed by atoms with Crippen molar-refractivity contribution in [3.63, 3.8) is 0 Å². The summed E-state index contributed by atoms with van der Waals surface area (Å²) in [4.78, 5) is 4.08. The molecule has 0 saturated heterocycles. The molecule has 2 rings (SSSR count). The van der Waals surface area contributed by atoms with Crippen molar-refractivity contribution >= 4 is 0 Å². The summed E-state index contributed by atoms with van der Waals surface area (Å²) in [6.07, 6.45) is 3.86. The Balaban J connectivity index is 2.50. The number of rotatable bonds is 0. The molecule has 10 heavy (non-hydrogen) atoms. The lowest BCUT2D eigenvalue weighted by Gasteiger charge is -2.33. The summed E-state index contributed by atoms with van der Waals surface area (Å²) in [7, 11) is 0. The first-order valence-electron chi connectivity index (χ1n) is 3.74. The zero-order valence-electron chi connectivity index (χ0n) is 6.33. The Labute approximate surface area is 61.1 Å². The van der Waals surface area contributed by atoms with Crippen molar-refractivity contribution in [2.75, 3.05) is 0 Å². The predicted molar refractivity (Wildman–Crippen MR) is 41.1 cm³/mol. The lowest BCUT2D eigenvalue weighted by Crippen LogP contribution is -2.19. The van der Waals surface area contributed by atoms with Crippen LogP contribution in [0.25, 0.3) is 0 Å². The van der Waals surface area contributed by atoms with Gasteiger partial charge in [-0.3, -0.25) is 4.98 Å². The van der Waals surface area contributed by atoms with Gasteiger partial charge in [0.2, 0.25) is 0 Å². The number of hydrogen-bond acceptors (Lipinski definition) is 1. The van der Waals surface area contributed by atoms with Gasteiger partial charge in [-0.25, -0.2) is 0 Å². The summed E-state index contributed by atoms with van der Waals surface area (Å²) < 4.78 is 0. The fourth-order valence-corrected chi connectivity index (χ4v) is 1.66. The van der Waals surface area contributed by atoms with Crippen LogP contribution >= 0.6 is 0 Å². The third-order valence-electron chi connectivity index (χ3n) is 2.62. The summed E-state index contributed by atoms with van der Waals surface area (Å²) >= 11 is 0. The monoisotopic (exact) mass is 133 g/mol. The van der Waals surface area contributed by atoms with Crippen LogP contribution < -0.4 is 0 Å². The predicted octanol–water partition coefficient (Wildman–Crippen LogP) is 2.30. The van der Waals surface area contributed by atoms with E-state index in [1.807, 2.05) is 12.4 Å². The molecule has 1 nitrogen and oxygen atoms in total. The Hall–Kier alpha value is -0.850. The van der Waals surface area contributed by atoms with E-state index in [4.69, 9.17) is 0 Å². The summed E-state index contributed by atoms with van der Waals surface area (Å²) in [5, 5.41) is 0. The van der Waals surface area contributed by atoms with Gasteiger partial charge in [0.05, 0.1) is 0 Å². The van der Waals surface area contributed by atoms with Crippen molar-refractivity contribution in [3.8, 4) is 0 Å². The van der Waals surface area contributed by atoms with Gasteiger partial charge in [-0.1, -0.05) is 13.8 Å². The van der Waals surface area contributed by atoms with Gasteiger partial charge >= 0.3 is 0 Å². The third kappa shape index (κ3) is 0.551. The summed E-state index contributed by atoms with van der Waals surface area (Å²) in [5.41, 5.74) is 2.93. The first kappa shape index (κ1) is 5.90. The Morgan fingerprint density at radius 2 is 1.90 bits per heavy atom. The minimum atomic E-state index is 0.726. The second-order valence-electron chi connectivity index (χ2n) is 3.08. The van der Waals surface area contributed by atoms with Crippen molar-refractivity contribution in [2.45, 2.75) is 25.7 Å². The van der Waals surface area contributed by atoms with Gasteiger partial charge in [0, 0.05) is 12.4 Å². The lowest BCUT2D eigenvalue weighted by molar-refractivity contribution is 0.539. The molecule has 0 fully saturated rings. The van der Waals surface area contributed by atoms with Crippen LogP contribution in [0.4, 0.5) is 0 Å². The van der Waals surface area contributed by atoms with Crippen molar-refractivity contribution in [1.82, 2.24) is 4.98 Å². The minimum absolute atomic E-state index is 0.726. The van der Waals surface area contributed by atoms with Crippen LogP contribution in [0.15, 0.2) is 18.5 Å². The molecule has 0 aromatic carbocycles. The molecule has 1 heteroatoms. The molecular formula is C9H11N. The number of nitrogens with zero attached hydrogens (tertiary/aromatic N) is 1. The smallest absolute Gasteiger partial charge is 0.0305 e. The number of fused-ring (bicyclic) bond motifs is 1. The van der Waals surface area contributed by atoms with Crippen LogP contribution in [0.1, 0.15) is 36.8 Å². The standard InChI is InChI=1S/C9H11N/c1-6-7(2)9-5-10-4-3-8(6)9/h3-7H,1-2H3/t6-,7?/m0/s1. The van der Waals surface area contributed by atoms with E-state index in [1.165, 1.54) is 11.1 Å². The molecule has 0 aliphatic heterocycles.